The maximum Gasteiger partial charge on any atom is 0.406 e. The minimum atomic E-state index is -4.42. The lowest BCUT2D eigenvalue weighted by atomic mass is 10.1. The van der Waals surface area contributed by atoms with E-state index >= 15 is 0 Å². The number of carbonyl (C=O) groups excluding carboxylic acids is 2. The van der Waals surface area contributed by atoms with Crippen molar-refractivity contribution >= 4 is 25.5 Å². The van der Waals surface area contributed by atoms with E-state index in [-0.39, 0.29) is 31.4 Å². The van der Waals surface area contributed by atoms with Gasteiger partial charge in [-0.3, -0.25) is 18.4 Å². The second-order valence-corrected chi connectivity index (χ2v) is 10.4. The molecule has 2 rings (SSSR count). The lowest BCUT2D eigenvalue weighted by Crippen LogP contribution is -2.51. The Hall–Kier alpha value is -2.39. The fourth-order valence-electron chi connectivity index (χ4n) is 3.50. The van der Waals surface area contributed by atoms with Crippen LogP contribution in [0.2, 0.25) is 0 Å². The van der Waals surface area contributed by atoms with Crippen molar-refractivity contribution < 1.29 is 47.6 Å². The van der Waals surface area contributed by atoms with Gasteiger partial charge in [0.15, 0.2) is 12.3 Å². The zero-order valence-corrected chi connectivity index (χ0v) is 22.1. The third-order valence-electron chi connectivity index (χ3n) is 5.24. The van der Waals surface area contributed by atoms with Crippen molar-refractivity contribution in [1.82, 2.24) is 14.6 Å². The third kappa shape index (κ3) is 8.30. The van der Waals surface area contributed by atoms with Crippen molar-refractivity contribution in [1.29, 1.82) is 0 Å². The van der Waals surface area contributed by atoms with Crippen molar-refractivity contribution in [3.8, 4) is 0 Å². The van der Waals surface area contributed by atoms with Crippen molar-refractivity contribution in [2.24, 2.45) is 5.92 Å². The number of aromatic nitrogens is 2. The first kappa shape index (κ1) is 30.8. The van der Waals surface area contributed by atoms with Crippen molar-refractivity contribution in [3.05, 3.63) is 22.7 Å². The Kier molecular flexibility index (Phi) is 11.2. The normalized spacial score (nSPS) is 24.0. The van der Waals surface area contributed by atoms with Gasteiger partial charge >= 0.3 is 25.4 Å². The van der Waals surface area contributed by atoms with E-state index in [1.807, 2.05) is 13.8 Å². The number of rotatable bonds is 14. The first-order valence-electron chi connectivity index (χ1n) is 11.7. The molecule has 0 spiro atoms. The summed E-state index contributed by atoms with van der Waals surface area (Å²) in [4.78, 5) is 40.0. The van der Waals surface area contributed by atoms with Crippen LogP contribution in [0.25, 0.3) is 0 Å². The molecule has 5 atom stereocenters. The van der Waals surface area contributed by atoms with E-state index in [1.54, 1.807) is 13.8 Å². The summed E-state index contributed by atoms with van der Waals surface area (Å²) in [6.45, 7) is 5.06. The second-order valence-electron chi connectivity index (χ2n) is 8.61. The summed E-state index contributed by atoms with van der Waals surface area (Å²) in [7, 11) is -4.42. The van der Waals surface area contributed by atoms with Gasteiger partial charge in [0.25, 0.3) is 0 Å². The summed E-state index contributed by atoms with van der Waals surface area (Å²) in [6.07, 6.45) is -1.68. The largest absolute Gasteiger partial charge is 0.465 e. The molecule has 15 nitrogen and oxygen atoms in total. The summed E-state index contributed by atoms with van der Waals surface area (Å²) in [5, 5.41) is 24.2. The number of nitrogens with one attached hydrogen (secondary N) is 1. The number of carbonyl (C=O) groups is 2. The van der Waals surface area contributed by atoms with Crippen LogP contribution in [0.1, 0.15) is 34.1 Å². The van der Waals surface area contributed by atoms with Gasteiger partial charge < -0.3 is 30.2 Å². The Morgan fingerprint density at radius 3 is 2.59 bits per heavy atom. The molecule has 1 aliphatic heterocycles. The van der Waals surface area contributed by atoms with Crippen LogP contribution in [0.5, 0.6) is 0 Å². The van der Waals surface area contributed by atoms with E-state index in [0.29, 0.717) is 0 Å². The summed E-state index contributed by atoms with van der Waals surface area (Å²) in [6, 6.07) is 0.139. The highest BCUT2D eigenvalue weighted by molar-refractivity contribution is 7.51. The molecule has 1 fully saturated rings. The quantitative estimate of drug-likeness (QED) is 0.170. The van der Waals surface area contributed by atoms with Crippen LogP contribution in [0.4, 0.5) is 5.82 Å². The molecule has 0 aliphatic carbocycles. The SMILES string of the molecule is CCOC(=O)COP(=O)(NC(CC(C)C)C(=O)OCC)OCC1OCC(O)(n2ccc(N)nc2=O)C1O. The first-order chi connectivity index (χ1) is 17.3. The fraction of sp³-hybridized carbons (Fsp3) is 0.714. The van der Waals surface area contributed by atoms with Gasteiger partial charge in [-0.15, -0.1) is 0 Å². The molecule has 210 valence electrons. The molecule has 0 radical (unpaired) electrons. The number of esters is 2. The number of hydrogen-bond acceptors (Lipinski definition) is 13. The van der Waals surface area contributed by atoms with Gasteiger partial charge in [-0.25, -0.2) is 19.2 Å². The predicted octanol–water partition coefficient (Wildman–Crippen LogP) is -0.498. The first-order valence-corrected chi connectivity index (χ1v) is 13.3. The van der Waals surface area contributed by atoms with E-state index in [9.17, 15) is 29.2 Å². The number of aliphatic hydroxyl groups is 2. The van der Waals surface area contributed by atoms with Crippen molar-refractivity contribution in [2.45, 2.75) is 58.1 Å². The van der Waals surface area contributed by atoms with Crippen molar-refractivity contribution in [2.75, 3.05) is 38.8 Å². The molecule has 5 N–H and O–H groups in total. The van der Waals surface area contributed by atoms with Gasteiger partial charge in [0.1, 0.15) is 24.1 Å². The smallest absolute Gasteiger partial charge is 0.406 e. The highest BCUT2D eigenvalue weighted by Crippen LogP contribution is 2.46. The lowest BCUT2D eigenvalue weighted by Gasteiger charge is -2.29. The number of nitrogens with two attached hydrogens (primary N) is 1. The van der Waals surface area contributed by atoms with E-state index in [0.717, 1.165) is 10.8 Å². The minimum Gasteiger partial charge on any atom is -0.465 e. The monoisotopic (exact) mass is 550 g/mol. The number of hydrogen-bond donors (Lipinski definition) is 4. The molecule has 2 heterocycles. The van der Waals surface area contributed by atoms with Gasteiger partial charge in [-0.05, 0) is 32.3 Å². The number of nitrogens with zero attached hydrogens (tertiary/aromatic N) is 2. The summed E-state index contributed by atoms with van der Waals surface area (Å²) >= 11 is 0. The van der Waals surface area contributed by atoms with Crippen LogP contribution in [-0.2, 0) is 43.1 Å². The molecule has 0 aromatic carbocycles. The zero-order chi connectivity index (χ0) is 27.8. The van der Waals surface area contributed by atoms with E-state index in [4.69, 9.17) is 29.0 Å². The van der Waals surface area contributed by atoms with Crippen LogP contribution in [0, 0.1) is 5.92 Å². The number of nitrogen functional groups attached to an aromatic ring is 1. The van der Waals surface area contributed by atoms with E-state index < -0.39 is 69.2 Å². The van der Waals surface area contributed by atoms with Crippen LogP contribution >= 0.6 is 7.75 Å². The number of anilines is 1. The Labute approximate surface area is 213 Å². The van der Waals surface area contributed by atoms with Gasteiger partial charge in [-0.2, -0.15) is 4.98 Å². The van der Waals surface area contributed by atoms with E-state index in [1.165, 1.54) is 6.07 Å². The Morgan fingerprint density at radius 1 is 1.32 bits per heavy atom. The van der Waals surface area contributed by atoms with Gasteiger partial charge in [-0.1, -0.05) is 13.8 Å². The highest BCUT2D eigenvalue weighted by atomic mass is 31.2. The molecule has 1 aliphatic rings. The number of aliphatic hydroxyl groups excluding tert-OH is 1. The zero-order valence-electron chi connectivity index (χ0n) is 21.2. The summed E-state index contributed by atoms with van der Waals surface area (Å²) in [5.74, 6) is -1.64. The lowest BCUT2D eigenvalue weighted by molar-refractivity contribution is -0.145. The maximum atomic E-state index is 13.6. The highest BCUT2D eigenvalue weighted by Gasteiger charge is 2.51. The molecule has 16 heteroatoms. The molecule has 1 saturated heterocycles. The van der Waals surface area contributed by atoms with Crippen LogP contribution in [0.15, 0.2) is 17.1 Å². The predicted molar refractivity (Wildman–Crippen MR) is 128 cm³/mol. The Balaban J connectivity index is 2.21. The van der Waals surface area contributed by atoms with Crippen LogP contribution in [-0.4, -0.2) is 83.0 Å². The van der Waals surface area contributed by atoms with E-state index in [2.05, 4.69) is 10.1 Å². The van der Waals surface area contributed by atoms with Gasteiger partial charge in [0.2, 0.25) is 0 Å². The van der Waals surface area contributed by atoms with Gasteiger partial charge in [0.05, 0.1) is 26.4 Å². The standard InChI is InChI=1S/C21H35N4O11P/c1-5-32-17(26)11-36-37(31,24-14(9-13(3)4)19(28)33-6-2)35-10-15-18(27)21(30,12-34-15)25-8-7-16(22)23-20(25)29/h7-8,13-15,18,27,30H,5-6,9-12H2,1-4H3,(H,24,31)(H2,22,23,29). The molecule has 0 saturated carbocycles. The molecule has 37 heavy (non-hydrogen) atoms. The average Bonchev–Trinajstić information content (AvgIpc) is 3.10. The summed E-state index contributed by atoms with van der Waals surface area (Å²) in [5.41, 5.74) is 2.32. The molecule has 1 aromatic heterocycles. The summed E-state index contributed by atoms with van der Waals surface area (Å²) < 4.78 is 40.2. The molecule has 0 bridgehead atoms. The fourth-order valence-corrected chi connectivity index (χ4v) is 4.93. The van der Waals surface area contributed by atoms with Crippen LogP contribution in [0.3, 0.4) is 0 Å². The molecule has 5 unspecified atom stereocenters. The Bertz CT molecular complexity index is 1040. The molecular weight excluding hydrogens is 515 g/mol. The topological polar surface area (TPSA) is 211 Å². The average molecular weight is 551 g/mol. The van der Waals surface area contributed by atoms with Gasteiger partial charge in [0, 0.05) is 6.20 Å². The minimum absolute atomic E-state index is 0.0257. The molecular formula is C21H35N4O11P. The third-order valence-corrected chi connectivity index (χ3v) is 6.82. The Morgan fingerprint density at radius 2 is 2.00 bits per heavy atom. The second kappa shape index (κ2) is 13.4. The van der Waals surface area contributed by atoms with Crippen molar-refractivity contribution in [3.63, 3.8) is 0 Å². The van der Waals surface area contributed by atoms with Crippen LogP contribution < -0.4 is 16.5 Å². The molecule has 0 amide bonds. The molecule has 1 aromatic rings. The number of ether oxygens (including phenoxy) is 3. The maximum absolute atomic E-state index is 13.6.